The number of phenols is 1. The Hall–Kier alpha value is -2.01. The smallest absolute Gasteiger partial charge is 0.340 e. The first-order valence-electron chi connectivity index (χ1n) is 6.58. The molecule has 0 bridgehead atoms. The van der Waals surface area contributed by atoms with Gasteiger partial charge in [0.2, 0.25) is 0 Å². The molecule has 0 aliphatic carbocycles. The molecular formula is C15H19NO4. The summed E-state index contributed by atoms with van der Waals surface area (Å²) in [5, 5.41) is 10.3. The first-order valence-corrected chi connectivity index (χ1v) is 6.58. The highest BCUT2D eigenvalue weighted by atomic mass is 16.5. The predicted octanol–water partition coefficient (Wildman–Crippen LogP) is 2.48. The first kappa shape index (κ1) is 14.4. The van der Waals surface area contributed by atoms with E-state index in [1.165, 1.54) is 7.11 Å². The molecule has 2 aromatic rings. The molecule has 0 saturated carbocycles. The number of benzene rings is 1. The molecule has 5 nitrogen and oxygen atoms in total. The maximum atomic E-state index is 12.0. The minimum atomic E-state index is -0.395. The number of ether oxygens (including phenoxy) is 2. The molecule has 0 amide bonds. The van der Waals surface area contributed by atoms with E-state index >= 15 is 0 Å². The van der Waals surface area contributed by atoms with E-state index in [2.05, 4.69) is 0 Å². The standard InChI is InChI=1S/C15H19NO4/c1-4-20-8-7-16-10(2)14(15(18)19-3)12-9-11(17)5-6-13(12)16/h5-6,9,17H,4,7-8H2,1-3H3. The summed E-state index contributed by atoms with van der Waals surface area (Å²) in [6, 6.07) is 5.00. The number of aromatic nitrogens is 1. The van der Waals surface area contributed by atoms with Gasteiger partial charge in [0.05, 0.1) is 19.3 Å². The number of methoxy groups -OCH3 is 1. The van der Waals surface area contributed by atoms with Crippen LogP contribution in [0.25, 0.3) is 10.9 Å². The van der Waals surface area contributed by atoms with E-state index in [0.29, 0.717) is 30.7 Å². The Morgan fingerprint density at radius 2 is 2.15 bits per heavy atom. The number of esters is 1. The average Bonchev–Trinajstić information content (AvgIpc) is 2.70. The van der Waals surface area contributed by atoms with Gasteiger partial charge in [0, 0.05) is 29.7 Å². The average molecular weight is 277 g/mol. The number of fused-ring (bicyclic) bond motifs is 1. The van der Waals surface area contributed by atoms with Crippen molar-refractivity contribution in [3.05, 3.63) is 29.5 Å². The van der Waals surface area contributed by atoms with Crippen LogP contribution in [-0.4, -0.2) is 36.0 Å². The van der Waals surface area contributed by atoms with E-state index in [9.17, 15) is 9.90 Å². The fraction of sp³-hybridized carbons (Fsp3) is 0.400. The third-order valence-electron chi connectivity index (χ3n) is 3.36. The van der Waals surface area contributed by atoms with Crippen LogP contribution in [0, 0.1) is 6.92 Å². The zero-order valence-electron chi connectivity index (χ0n) is 12.0. The summed E-state index contributed by atoms with van der Waals surface area (Å²) in [4.78, 5) is 12.0. The van der Waals surface area contributed by atoms with Crippen molar-refractivity contribution in [2.24, 2.45) is 0 Å². The molecule has 1 aromatic heterocycles. The van der Waals surface area contributed by atoms with Crippen LogP contribution in [0.2, 0.25) is 0 Å². The van der Waals surface area contributed by atoms with E-state index in [-0.39, 0.29) is 5.75 Å². The molecular weight excluding hydrogens is 258 g/mol. The third kappa shape index (κ3) is 2.49. The Balaban J connectivity index is 2.56. The highest BCUT2D eigenvalue weighted by Gasteiger charge is 2.20. The van der Waals surface area contributed by atoms with Crippen molar-refractivity contribution in [2.45, 2.75) is 20.4 Å². The topological polar surface area (TPSA) is 60.7 Å². The summed E-state index contributed by atoms with van der Waals surface area (Å²) in [6.45, 7) is 5.69. The van der Waals surface area contributed by atoms with Crippen LogP contribution in [0.15, 0.2) is 18.2 Å². The van der Waals surface area contributed by atoms with Crippen LogP contribution in [0.1, 0.15) is 23.0 Å². The maximum Gasteiger partial charge on any atom is 0.340 e. The quantitative estimate of drug-likeness (QED) is 0.673. The molecule has 0 spiro atoms. The summed E-state index contributed by atoms with van der Waals surface area (Å²) < 4.78 is 12.2. The van der Waals surface area contributed by atoms with Crippen LogP contribution in [0.4, 0.5) is 0 Å². The number of aromatic hydroxyl groups is 1. The first-order chi connectivity index (χ1) is 9.60. The zero-order chi connectivity index (χ0) is 14.7. The van der Waals surface area contributed by atoms with Crippen LogP contribution in [0.3, 0.4) is 0 Å². The molecule has 20 heavy (non-hydrogen) atoms. The Labute approximate surface area is 117 Å². The van der Waals surface area contributed by atoms with Crippen molar-refractivity contribution < 1.29 is 19.4 Å². The Morgan fingerprint density at radius 1 is 1.40 bits per heavy atom. The highest BCUT2D eigenvalue weighted by molar-refractivity contribution is 6.06. The summed E-state index contributed by atoms with van der Waals surface area (Å²) in [7, 11) is 1.36. The zero-order valence-corrected chi connectivity index (χ0v) is 12.0. The molecule has 1 N–H and O–H groups in total. The molecule has 0 atom stereocenters. The summed E-state index contributed by atoms with van der Waals surface area (Å²) in [6.07, 6.45) is 0. The van der Waals surface area contributed by atoms with Gasteiger partial charge in [-0.1, -0.05) is 0 Å². The van der Waals surface area contributed by atoms with Crippen LogP contribution < -0.4 is 0 Å². The third-order valence-corrected chi connectivity index (χ3v) is 3.36. The van der Waals surface area contributed by atoms with Crippen LogP contribution in [-0.2, 0) is 16.0 Å². The van der Waals surface area contributed by atoms with Gasteiger partial charge in [-0.05, 0) is 32.0 Å². The SMILES string of the molecule is CCOCCn1c(C)c(C(=O)OC)c2cc(O)ccc21. The lowest BCUT2D eigenvalue weighted by atomic mass is 10.1. The molecule has 1 aromatic carbocycles. The van der Waals surface area contributed by atoms with Gasteiger partial charge in [-0.15, -0.1) is 0 Å². The highest BCUT2D eigenvalue weighted by Crippen LogP contribution is 2.29. The Kier molecular flexibility index (Phi) is 4.29. The molecule has 0 unspecified atom stereocenters. The number of rotatable bonds is 5. The molecule has 0 saturated heterocycles. The lowest BCUT2D eigenvalue weighted by Crippen LogP contribution is -2.09. The number of phenolic OH excluding ortho intramolecular Hbond substituents is 1. The second kappa shape index (κ2) is 5.96. The molecule has 1 heterocycles. The van der Waals surface area contributed by atoms with Crippen molar-refractivity contribution in [1.82, 2.24) is 4.57 Å². The van der Waals surface area contributed by atoms with Crippen molar-refractivity contribution in [3.8, 4) is 5.75 Å². The lowest BCUT2D eigenvalue weighted by Gasteiger charge is -2.08. The lowest BCUT2D eigenvalue weighted by molar-refractivity contribution is 0.0601. The Morgan fingerprint density at radius 3 is 2.80 bits per heavy atom. The van der Waals surface area contributed by atoms with Gasteiger partial charge < -0.3 is 19.1 Å². The summed E-state index contributed by atoms with van der Waals surface area (Å²) in [5.41, 5.74) is 2.20. The monoisotopic (exact) mass is 277 g/mol. The van der Waals surface area contributed by atoms with Crippen molar-refractivity contribution >= 4 is 16.9 Å². The van der Waals surface area contributed by atoms with E-state index in [1.54, 1.807) is 18.2 Å². The Bertz CT molecular complexity index is 630. The molecule has 0 fully saturated rings. The van der Waals surface area contributed by atoms with E-state index < -0.39 is 5.97 Å². The van der Waals surface area contributed by atoms with E-state index in [4.69, 9.17) is 9.47 Å². The molecule has 5 heteroatoms. The van der Waals surface area contributed by atoms with Gasteiger partial charge in [-0.3, -0.25) is 0 Å². The maximum absolute atomic E-state index is 12.0. The van der Waals surface area contributed by atoms with Crippen LogP contribution >= 0.6 is 0 Å². The normalized spacial score (nSPS) is 10.9. The summed E-state index contributed by atoms with van der Waals surface area (Å²) in [5.74, 6) is -0.266. The van der Waals surface area contributed by atoms with Crippen molar-refractivity contribution in [2.75, 3.05) is 20.3 Å². The number of carbonyl (C=O) groups excluding carboxylic acids is 1. The minimum Gasteiger partial charge on any atom is -0.508 e. The molecule has 0 radical (unpaired) electrons. The van der Waals surface area contributed by atoms with Crippen LogP contribution in [0.5, 0.6) is 5.75 Å². The predicted molar refractivity (Wildman–Crippen MR) is 76.2 cm³/mol. The molecule has 2 rings (SSSR count). The van der Waals surface area contributed by atoms with Gasteiger partial charge in [0.15, 0.2) is 0 Å². The number of nitrogens with zero attached hydrogens (tertiary/aromatic N) is 1. The molecule has 108 valence electrons. The second-order valence-electron chi connectivity index (χ2n) is 4.50. The van der Waals surface area contributed by atoms with Crippen molar-refractivity contribution in [1.29, 1.82) is 0 Å². The fourth-order valence-electron chi connectivity index (χ4n) is 2.42. The van der Waals surface area contributed by atoms with E-state index in [1.807, 2.05) is 18.4 Å². The number of hydrogen-bond donors (Lipinski definition) is 1. The van der Waals surface area contributed by atoms with Gasteiger partial charge in [0.1, 0.15) is 5.75 Å². The van der Waals surface area contributed by atoms with Gasteiger partial charge in [-0.2, -0.15) is 0 Å². The molecule has 0 aliphatic heterocycles. The minimum absolute atomic E-state index is 0.129. The molecule has 0 aliphatic rings. The van der Waals surface area contributed by atoms with Gasteiger partial charge >= 0.3 is 5.97 Å². The van der Waals surface area contributed by atoms with E-state index in [0.717, 1.165) is 11.2 Å². The number of carbonyl (C=O) groups is 1. The second-order valence-corrected chi connectivity index (χ2v) is 4.50. The fourth-order valence-corrected chi connectivity index (χ4v) is 2.42. The number of hydrogen-bond acceptors (Lipinski definition) is 4. The summed E-state index contributed by atoms with van der Waals surface area (Å²) >= 11 is 0. The van der Waals surface area contributed by atoms with Gasteiger partial charge in [0.25, 0.3) is 0 Å². The largest absolute Gasteiger partial charge is 0.508 e. The van der Waals surface area contributed by atoms with Crippen molar-refractivity contribution in [3.63, 3.8) is 0 Å². The van der Waals surface area contributed by atoms with Gasteiger partial charge in [-0.25, -0.2) is 4.79 Å².